The number of rotatable bonds is 5. The van der Waals surface area contributed by atoms with Crippen molar-refractivity contribution in [2.75, 3.05) is 7.11 Å². The number of hydrogen-bond acceptors (Lipinski definition) is 4. The number of ether oxygens (including phenoxy) is 2. The molecule has 4 nitrogen and oxygen atoms in total. The van der Waals surface area contributed by atoms with Gasteiger partial charge in [0.1, 0.15) is 0 Å². The lowest BCUT2D eigenvalue weighted by Crippen LogP contribution is -2.11. The molecule has 2 N–H and O–H groups in total. The largest absolute Gasteiger partial charge is 0.493 e. The maximum atomic E-state index is 6.14. The Hall–Kier alpha value is -1.42. The normalized spacial score (nSPS) is 12.7. The van der Waals surface area contributed by atoms with E-state index in [1.54, 1.807) is 19.2 Å². The van der Waals surface area contributed by atoms with Crippen molar-refractivity contribution >= 4 is 17.8 Å². The lowest BCUT2D eigenvalue weighted by molar-refractivity contribution is 0.208. The third-order valence-electron chi connectivity index (χ3n) is 2.37. The van der Waals surface area contributed by atoms with Gasteiger partial charge >= 0.3 is 0 Å². The highest BCUT2D eigenvalue weighted by molar-refractivity contribution is 6.32. The van der Waals surface area contributed by atoms with Gasteiger partial charge in [0.05, 0.1) is 24.5 Å². The predicted molar refractivity (Wildman–Crippen MR) is 70.2 cm³/mol. The maximum Gasteiger partial charge on any atom is 0.180 e. The molecule has 0 heterocycles. The molecule has 0 saturated carbocycles. The Morgan fingerprint density at radius 1 is 1.53 bits per heavy atom. The summed E-state index contributed by atoms with van der Waals surface area (Å²) in [6.07, 6.45) is 2.47. The minimum atomic E-state index is 0.0791. The fourth-order valence-electron chi connectivity index (χ4n) is 1.30. The van der Waals surface area contributed by atoms with Gasteiger partial charge in [0.2, 0.25) is 0 Å². The van der Waals surface area contributed by atoms with E-state index >= 15 is 0 Å². The molecule has 94 valence electrons. The minimum Gasteiger partial charge on any atom is -0.493 e. The van der Waals surface area contributed by atoms with Gasteiger partial charge < -0.3 is 15.3 Å². The Kier molecular flexibility index (Phi) is 5.10. The van der Waals surface area contributed by atoms with Crippen LogP contribution in [0, 0.1) is 0 Å². The van der Waals surface area contributed by atoms with Crippen LogP contribution in [-0.4, -0.2) is 19.4 Å². The van der Waals surface area contributed by atoms with Gasteiger partial charge in [0.25, 0.3) is 0 Å². The van der Waals surface area contributed by atoms with Crippen molar-refractivity contribution in [1.29, 1.82) is 0 Å². The lowest BCUT2D eigenvalue weighted by Gasteiger charge is -2.17. The molecule has 0 aliphatic rings. The van der Waals surface area contributed by atoms with E-state index in [2.05, 4.69) is 5.10 Å². The van der Waals surface area contributed by atoms with Gasteiger partial charge in [-0.25, -0.2) is 0 Å². The number of nitrogens with zero attached hydrogens (tertiary/aromatic N) is 1. The highest BCUT2D eigenvalue weighted by Gasteiger charge is 2.13. The van der Waals surface area contributed by atoms with Crippen LogP contribution in [0.4, 0.5) is 0 Å². The molecule has 1 atom stereocenters. The number of methoxy groups -OCH3 is 1. The van der Waals surface area contributed by atoms with E-state index in [4.69, 9.17) is 26.9 Å². The van der Waals surface area contributed by atoms with Gasteiger partial charge in [-0.15, -0.1) is 0 Å². The Bertz CT molecular complexity index is 408. The molecule has 0 aromatic heterocycles. The van der Waals surface area contributed by atoms with Crippen molar-refractivity contribution in [3.63, 3.8) is 0 Å². The Morgan fingerprint density at radius 3 is 2.76 bits per heavy atom. The molecule has 5 heteroatoms. The van der Waals surface area contributed by atoms with Crippen molar-refractivity contribution in [3.05, 3.63) is 22.7 Å². The quantitative estimate of drug-likeness (QED) is 0.501. The van der Waals surface area contributed by atoms with E-state index < -0.39 is 0 Å². The van der Waals surface area contributed by atoms with Crippen molar-refractivity contribution in [1.82, 2.24) is 0 Å². The van der Waals surface area contributed by atoms with Crippen LogP contribution in [0.5, 0.6) is 11.5 Å². The molecule has 1 aromatic rings. The summed E-state index contributed by atoms with van der Waals surface area (Å²) in [5, 5.41) is 3.93. The monoisotopic (exact) mass is 256 g/mol. The number of hydrogen-bond donors (Lipinski definition) is 1. The van der Waals surface area contributed by atoms with Gasteiger partial charge in [0, 0.05) is 0 Å². The third-order valence-corrected chi connectivity index (χ3v) is 2.65. The molecule has 0 aliphatic heterocycles. The van der Waals surface area contributed by atoms with Crippen molar-refractivity contribution < 1.29 is 9.47 Å². The van der Waals surface area contributed by atoms with Crippen LogP contribution in [0.3, 0.4) is 0 Å². The third kappa shape index (κ3) is 3.53. The van der Waals surface area contributed by atoms with Gasteiger partial charge in [-0.3, -0.25) is 0 Å². The fourth-order valence-corrected chi connectivity index (χ4v) is 1.56. The first-order valence-electron chi connectivity index (χ1n) is 5.39. The predicted octanol–water partition coefficient (Wildman–Crippen LogP) is 2.82. The van der Waals surface area contributed by atoms with E-state index in [1.165, 1.54) is 6.21 Å². The first-order chi connectivity index (χ1) is 8.12. The van der Waals surface area contributed by atoms with Gasteiger partial charge in [0.15, 0.2) is 11.5 Å². The Labute approximate surface area is 106 Å². The van der Waals surface area contributed by atoms with Crippen molar-refractivity contribution in [2.24, 2.45) is 10.9 Å². The summed E-state index contributed by atoms with van der Waals surface area (Å²) in [5.74, 6) is 6.23. The molecule has 0 radical (unpaired) electrons. The summed E-state index contributed by atoms with van der Waals surface area (Å²) >= 11 is 6.14. The van der Waals surface area contributed by atoms with E-state index in [1.807, 2.05) is 13.8 Å². The zero-order chi connectivity index (χ0) is 12.8. The first-order valence-corrected chi connectivity index (χ1v) is 5.77. The molecular weight excluding hydrogens is 240 g/mol. The minimum absolute atomic E-state index is 0.0791. The molecule has 0 fully saturated rings. The van der Waals surface area contributed by atoms with E-state index in [-0.39, 0.29) is 6.10 Å². The molecule has 1 aromatic carbocycles. The van der Waals surface area contributed by atoms with Crippen LogP contribution in [0.1, 0.15) is 25.8 Å². The summed E-state index contributed by atoms with van der Waals surface area (Å²) in [4.78, 5) is 0. The molecule has 0 bridgehead atoms. The molecule has 0 aliphatic carbocycles. The number of nitrogens with two attached hydrogens (primary N) is 1. The van der Waals surface area contributed by atoms with Crippen LogP contribution in [0.25, 0.3) is 0 Å². The van der Waals surface area contributed by atoms with Gasteiger partial charge in [-0.1, -0.05) is 18.5 Å². The zero-order valence-corrected chi connectivity index (χ0v) is 11.0. The summed E-state index contributed by atoms with van der Waals surface area (Å²) in [7, 11) is 1.57. The van der Waals surface area contributed by atoms with Gasteiger partial charge in [-0.05, 0) is 31.0 Å². The molecule has 0 amide bonds. The summed E-state index contributed by atoms with van der Waals surface area (Å²) < 4.78 is 11.0. The average Bonchev–Trinajstić information content (AvgIpc) is 2.32. The smallest absolute Gasteiger partial charge is 0.180 e. The lowest BCUT2D eigenvalue weighted by atomic mass is 10.2. The van der Waals surface area contributed by atoms with Crippen LogP contribution in [0.15, 0.2) is 17.2 Å². The Morgan fingerprint density at radius 2 is 2.24 bits per heavy atom. The second kappa shape index (κ2) is 6.35. The molecule has 0 spiro atoms. The second-order valence-corrected chi connectivity index (χ2v) is 4.06. The van der Waals surface area contributed by atoms with Crippen molar-refractivity contribution in [3.8, 4) is 11.5 Å². The topological polar surface area (TPSA) is 56.8 Å². The summed E-state index contributed by atoms with van der Waals surface area (Å²) in [6.45, 7) is 4.02. The standard InChI is InChI=1S/C12H17ClN2O2/c1-4-8(2)17-12-10(13)5-9(7-15-14)6-11(12)16-3/h5-8H,4,14H2,1-3H3. The number of halogens is 1. The van der Waals surface area contributed by atoms with E-state index in [0.717, 1.165) is 12.0 Å². The highest BCUT2D eigenvalue weighted by Crippen LogP contribution is 2.36. The number of hydrazone groups is 1. The van der Waals surface area contributed by atoms with E-state index in [0.29, 0.717) is 16.5 Å². The summed E-state index contributed by atoms with van der Waals surface area (Å²) in [5.41, 5.74) is 0.769. The first kappa shape index (κ1) is 13.6. The average molecular weight is 257 g/mol. The van der Waals surface area contributed by atoms with Crippen LogP contribution in [-0.2, 0) is 0 Å². The second-order valence-electron chi connectivity index (χ2n) is 3.65. The fraction of sp³-hybridized carbons (Fsp3) is 0.417. The summed E-state index contributed by atoms with van der Waals surface area (Å²) in [6, 6.07) is 3.51. The Balaban J connectivity index is 3.11. The highest BCUT2D eigenvalue weighted by atomic mass is 35.5. The van der Waals surface area contributed by atoms with Crippen LogP contribution < -0.4 is 15.3 Å². The molecular formula is C12H17ClN2O2. The maximum absolute atomic E-state index is 6.14. The zero-order valence-electron chi connectivity index (χ0n) is 10.2. The molecule has 1 rings (SSSR count). The van der Waals surface area contributed by atoms with Gasteiger partial charge in [-0.2, -0.15) is 5.10 Å². The van der Waals surface area contributed by atoms with Crippen LogP contribution >= 0.6 is 11.6 Å². The SMILES string of the molecule is CCC(C)Oc1c(Cl)cc(C=NN)cc1OC. The molecule has 17 heavy (non-hydrogen) atoms. The van der Waals surface area contributed by atoms with Crippen LogP contribution in [0.2, 0.25) is 5.02 Å². The van der Waals surface area contributed by atoms with Crippen molar-refractivity contribution in [2.45, 2.75) is 26.4 Å². The number of benzene rings is 1. The molecule has 1 unspecified atom stereocenters. The van der Waals surface area contributed by atoms with E-state index in [9.17, 15) is 0 Å². The molecule has 0 saturated heterocycles.